The Morgan fingerprint density at radius 3 is 2.39 bits per heavy atom. The molecule has 0 atom stereocenters. The maximum absolute atomic E-state index is 13.0. The van der Waals surface area contributed by atoms with E-state index in [1.54, 1.807) is 25.0 Å². The molecule has 0 saturated heterocycles. The molecule has 0 aliphatic heterocycles. The summed E-state index contributed by atoms with van der Waals surface area (Å²) < 4.78 is 1.77. The van der Waals surface area contributed by atoms with Gasteiger partial charge in [-0.2, -0.15) is 5.10 Å². The number of nitrogens with zero attached hydrogens (tertiary/aromatic N) is 3. The van der Waals surface area contributed by atoms with Gasteiger partial charge in [-0.1, -0.05) is 60.2 Å². The third-order valence-electron chi connectivity index (χ3n) is 4.51. The van der Waals surface area contributed by atoms with Crippen LogP contribution in [0.25, 0.3) is 11.3 Å². The number of hydrogen-bond donors (Lipinski definition) is 1. The fourth-order valence-electron chi connectivity index (χ4n) is 2.93. The topological polar surface area (TPSA) is 67.2 Å². The van der Waals surface area contributed by atoms with E-state index in [-0.39, 0.29) is 18.4 Å². The Balaban J connectivity index is 1.97. The molecule has 0 saturated carbocycles. The summed E-state index contributed by atoms with van der Waals surface area (Å²) in [7, 11) is 3.17. The van der Waals surface area contributed by atoms with Crippen molar-refractivity contribution >= 4 is 11.8 Å². The molecule has 2 amide bonds. The van der Waals surface area contributed by atoms with Gasteiger partial charge in [-0.05, 0) is 12.5 Å². The van der Waals surface area contributed by atoms with E-state index < -0.39 is 0 Å². The number of likely N-dealkylation sites (N-methyl/N-ethyl adjacent to an activating group) is 2. The predicted octanol–water partition coefficient (Wildman–Crippen LogP) is 2.72. The van der Waals surface area contributed by atoms with Gasteiger partial charge >= 0.3 is 0 Å². The van der Waals surface area contributed by atoms with Crippen molar-refractivity contribution in [3.05, 3.63) is 77.5 Å². The maximum Gasteiger partial charge on any atom is 0.257 e. The van der Waals surface area contributed by atoms with E-state index >= 15 is 0 Å². The molecular weight excluding hydrogens is 352 g/mol. The third-order valence-corrected chi connectivity index (χ3v) is 4.51. The minimum absolute atomic E-state index is 0.00740. The Morgan fingerprint density at radius 2 is 1.75 bits per heavy atom. The zero-order valence-electron chi connectivity index (χ0n) is 16.3. The predicted molar refractivity (Wildman–Crippen MR) is 109 cm³/mol. The van der Waals surface area contributed by atoms with Crippen LogP contribution in [0.5, 0.6) is 0 Å². The largest absolute Gasteiger partial charge is 0.358 e. The molecule has 144 valence electrons. The van der Waals surface area contributed by atoms with Crippen LogP contribution in [0.4, 0.5) is 0 Å². The second kappa shape index (κ2) is 8.52. The van der Waals surface area contributed by atoms with Crippen molar-refractivity contribution in [2.75, 3.05) is 20.6 Å². The maximum atomic E-state index is 13.0. The summed E-state index contributed by atoms with van der Waals surface area (Å²) in [5, 5.41) is 7.22. The highest BCUT2D eigenvalue weighted by molar-refractivity contribution is 6.01. The lowest BCUT2D eigenvalue weighted by atomic mass is 10.1. The summed E-state index contributed by atoms with van der Waals surface area (Å²) in [6, 6.07) is 17.9. The van der Waals surface area contributed by atoms with Crippen LogP contribution in [0.2, 0.25) is 0 Å². The molecule has 0 aliphatic carbocycles. The van der Waals surface area contributed by atoms with Crippen LogP contribution in [-0.4, -0.2) is 47.1 Å². The molecule has 0 radical (unpaired) electrons. The molecule has 0 spiro atoms. The first-order valence-electron chi connectivity index (χ1n) is 9.12. The fourth-order valence-corrected chi connectivity index (χ4v) is 2.93. The van der Waals surface area contributed by atoms with E-state index in [1.807, 2.05) is 61.5 Å². The summed E-state index contributed by atoms with van der Waals surface area (Å²) in [4.78, 5) is 26.1. The molecule has 1 aromatic heterocycles. The lowest BCUT2D eigenvalue weighted by Crippen LogP contribution is -2.36. The van der Waals surface area contributed by atoms with Crippen LogP contribution < -0.4 is 5.32 Å². The monoisotopic (exact) mass is 376 g/mol. The van der Waals surface area contributed by atoms with Crippen molar-refractivity contribution in [2.24, 2.45) is 0 Å². The number of rotatable bonds is 6. The number of aromatic nitrogens is 2. The smallest absolute Gasteiger partial charge is 0.257 e. The molecule has 6 nitrogen and oxygen atoms in total. The minimum Gasteiger partial charge on any atom is -0.358 e. The average molecular weight is 376 g/mol. The van der Waals surface area contributed by atoms with Crippen molar-refractivity contribution in [1.82, 2.24) is 20.0 Å². The third kappa shape index (κ3) is 4.46. The summed E-state index contributed by atoms with van der Waals surface area (Å²) in [6.07, 6.45) is 1.75. The van der Waals surface area contributed by atoms with Gasteiger partial charge in [-0.25, -0.2) is 0 Å². The zero-order chi connectivity index (χ0) is 20.1. The van der Waals surface area contributed by atoms with E-state index in [2.05, 4.69) is 10.4 Å². The zero-order valence-corrected chi connectivity index (χ0v) is 16.3. The van der Waals surface area contributed by atoms with Gasteiger partial charge in [-0.15, -0.1) is 0 Å². The molecule has 2 aromatic carbocycles. The van der Waals surface area contributed by atoms with Crippen molar-refractivity contribution < 1.29 is 9.59 Å². The minimum atomic E-state index is -0.238. The van der Waals surface area contributed by atoms with Crippen LogP contribution in [0.3, 0.4) is 0 Å². The first kappa shape index (κ1) is 19.4. The number of carbonyl (C=O) groups excluding carboxylic acids is 2. The molecule has 28 heavy (non-hydrogen) atoms. The highest BCUT2D eigenvalue weighted by atomic mass is 16.2. The number of hydrogen-bond acceptors (Lipinski definition) is 3. The van der Waals surface area contributed by atoms with E-state index in [0.29, 0.717) is 17.8 Å². The van der Waals surface area contributed by atoms with Crippen LogP contribution in [0.1, 0.15) is 21.5 Å². The van der Waals surface area contributed by atoms with Crippen LogP contribution in [0.15, 0.2) is 60.8 Å². The lowest BCUT2D eigenvalue weighted by Gasteiger charge is -2.15. The van der Waals surface area contributed by atoms with Gasteiger partial charge in [0.25, 0.3) is 5.91 Å². The van der Waals surface area contributed by atoms with Crippen molar-refractivity contribution in [3.63, 3.8) is 0 Å². The SMILES string of the molecule is CNC(=O)CN(C)C(=O)c1cn(Cc2ccccc2)nc1-c1ccc(C)cc1. The standard InChI is InChI=1S/C22H24N4O2/c1-16-9-11-18(12-10-16)21-19(22(28)25(3)15-20(27)23-2)14-26(24-21)13-17-7-5-4-6-8-17/h4-12,14H,13,15H2,1-3H3,(H,23,27). The summed E-state index contributed by atoms with van der Waals surface area (Å²) >= 11 is 0. The Bertz CT molecular complexity index is 962. The number of amides is 2. The van der Waals surface area contributed by atoms with Gasteiger partial charge in [0, 0.05) is 25.9 Å². The van der Waals surface area contributed by atoms with Crippen LogP contribution in [-0.2, 0) is 11.3 Å². The van der Waals surface area contributed by atoms with Gasteiger partial charge in [-0.3, -0.25) is 14.3 Å². The molecule has 0 unspecified atom stereocenters. The Labute approximate surface area is 164 Å². The Kier molecular flexibility index (Phi) is 5.89. The summed E-state index contributed by atoms with van der Waals surface area (Å²) in [5.41, 5.74) is 4.19. The Morgan fingerprint density at radius 1 is 1.07 bits per heavy atom. The van der Waals surface area contributed by atoms with Gasteiger partial charge in [0.1, 0.15) is 5.69 Å². The molecule has 0 aliphatic rings. The lowest BCUT2D eigenvalue weighted by molar-refractivity contribution is -0.121. The van der Waals surface area contributed by atoms with Gasteiger partial charge in [0.05, 0.1) is 18.7 Å². The molecule has 0 bridgehead atoms. The van der Waals surface area contributed by atoms with Crippen LogP contribution in [0, 0.1) is 6.92 Å². The first-order chi connectivity index (χ1) is 13.5. The molecule has 3 rings (SSSR count). The molecule has 1 N–H and O–H groups in total. The molecule has 1 heterocycles. The number of carbonyl (C=O) groups is 2. The van der Waals surface area contributed by atoms with Crippen LogP contribution >= 0.6 is 0 Å². The normalized spacial score (nSPS) is 10.5. The average Bonchev–Trinajstić information content (AvgIpc) is 3.12. The van der Waals surface area contributed by atoms with Crippen molar-refractivity contribution in [1.29, 1.82) is 0 Å². The highest BCUT2D eigenvalue weighted by Crippen LogP contribution is 2.24. The molecule has 0 fully saturated rings. The van der Waals surface area contributed by atoms with Gasteiger partial charge in [0.2, 0.25) is 5.91 Å². The second-order valence-corrected chi connectivity index (χ2v) is 6.77. The second-order valence-electron chi connectivity index (χ2n) is 6.77. The number of nitrogens with one attached hydrogen (secondary N) is 1. The number of benzene rings is 2. The molecule has 6 heteroatoms. The number of aryl methyl sites for hydroxylation is 1. The molecule has 3 aromatic rings. The van der Waals surface area contributed by atoms with E-state index in [9.17, 15) is 9.59 Å². The van der Waals surface area contributed by atoms with Crippen molar-refractivity contribution in [3.8, 4) is 11.3 Å². The fraction of sp³-hybridized carbons (Fsp3) is 0.227. The van der Waals surface area contributed by atoms with E-state index in [1.165, 1.54) is 4.90 Å². The summed E-state index contributed by atoms with van der Waals surface area (Å²) in [6.45, 7) is 2.57. The quantitative estimate of drug-likeness (QED) is 0.719. The molecular formula is C22H24N4O2. The van der Waals surface area contributed by atoms with Crippen molar-refractivity contribution in [2.45, 2.75) is 13.5 Å². The van der Waals surface area contributed by atoms with Gasteiger partial charge in [0.15, 0.2) is 0 Å². The first-order valence-corrected chi connectivity index (χ1v) is 9.12. The summed E-state index contributed by atoms with van der Waals surface area (Å²) in [5.74, 6) is -0.456. The van der Waals surface area contributed by atoms with E-state index in [4.69, 9.17) is 0 Å². The Hall–Kier alpha value is -3.41. The van der Waals surface area contributed by atoms with Gasteiger partial charge < -0.3 is 10.2 Å². The van der Waals surface area contributed by atoms with E-state index in [0.717, 1.165) is 16.7 Å². The highest BCUT2D eigenvalue weighted by Gasteiger charge is 2.22.